The molecule has 3 rings (SSSR count). The third-order valence-corrected chi connectivity index (χ3v) is 7.23. The summed E-state index contributed by atoms with van der Waals surface area (Å²) in [5.74, 6) is 0.362. The lowest BCUT2D eigenvalue weighted by Gasteiger charge is -2.22. The molecule has 1 amide bonds. The highest BCUT2D eigenvalue weighted by atomic mass is 35.5. The number of benzene rings is 3. The highest BCUT2D eigenvalue weighted by Gasteiger charge is 2.30. The summed E-state index contributed by atoms with van der Waals surface area (Å²) in [5.41, 5.74) is 1.73. The molecule has 0 bridgehead atoms. The number of sulfonamides is 1. The highest BCUT2D eigenvalue weighted by molar-refractivity contribution is 7.93. The van der Waals surface area contributed by atoms with Crippen LogP contribution in [-0.2, 0) is 14.8 Å². The fraction of sp³-hybridized carbons (Fsp3) is 0.222. The molecule has 0 radical (unpaired) electrons. The zero-order chi connectivity index (χ0) is 25.4. The van der Waals surface area contributed by atoms with E-state index in [-0.39, 0.29) is 15.6 Å². The smallest absolute Gasteiger partial charge is 0.271 e. The predicted octanol–water partition coefficient (Wildman–Crippen LogP) is 6.27. The molecule has 0 aliphatic heterocycles. The van der Waals surface area contributed by atoms with Gasteiger partial charge in [0.1, 0.15) is 11.5 Å². The number of carbonyl (C=O) groups is 1. The number of nitrogens with zero attached hydrogens (tertiary/aromatic N) is 1. The van der Waals surface area contributed by atoms with Crippen LogP contribution < -0.4 is 13.8 Å². The Bertz CT molecular complexity index is 1290. The van der Waals surface area contributed by atoms with Gasteiger partial charge in [-0.25, -0.2) is 8.42 Å². The third kappa shape index (κ3) is 6.65. The number of aryl methyl sites for hydroxylation is 1. The van der Waals surface area contributed by atoms with Gasteiger partial charge in [0.25, 0.3) is 15.9 Å². The lowest BCUT2D eigenvalue weighted by Crippen LogP contribution is -2.35. The van der Waals surface area contributed by atoms with Crippen molar-refractivity contribution in [1.29, 1.82) is 0 Å². The van der Waals surface area contributed by atoms with Gasteiger partial charge in [-0.2, -0.15) is 4.31 Å². The fourth-order valence-corrected chi connectivity index (χ4v) is 4.86. The van der Waals surface area contributed by atoms with Crippen LogP contribution >= 0.6 is 11.6 Å². The van der Waals surface area contributed by atoms with Gasteiger partial charge >= 0.3 is 0 Å². The first-order valence-corrected chi connectivity index (χ1v) is 13.0. The maximum atomic E-state index is 13.5. The van der Waals surface area contributed by atoms with Gasteiger partial charge in [0.2, 0.25) is 0 Å². The van der Waals surface area contributed by atoms with Crippen LogP contribution in [0.1, 0.15) is 30.9 Å². The van der Waals surface area contributed by atoms with Crippen molar-refractivity contribution in [2.45, 2.75) is 31.6 Å². The number of anilines is 1. The first kappa shape index (κ1) is 26.3. The van der Waals surface area contributed by atoms with Crippen LogP contribution in [0.4, 0.5) is 5.69 Å². The second kappa shape index (κ2) is 11.9. The van der Waals surface area contributed by atoms with E-state index in [0.717, 1.165) is 34.0 Å². The number of carbonyl (C=O) groups excluding carboxylic acids is 1. The summed E-state index contributed by atoms with van der Waals surface area (Å²) < 4.78 is 38.6. The molecule has 8 heteroatoms. The van der Waals surface area contributed by atoms with Crippen LogP contribution in [0.25, 0.3) is 6.08 Å². The summed E-state index contributed by atoms with van der Waals surface area (Å²) >= 11 is 6.24. The minimum atomic E-state index is -4.22. The Hall–Kier alpha value is -3.29. The van der Waals surface area contributed by atoms with Gasteiger partial charge in [0.05, 0.1) is 29.3 Å². The van der Waals surface area contributed by atoms with Gasteiger partial charge in [-0.3, -0.25) is 4.79 Å². The molecule has 0 aromatic heterocycles. The molecule has 0 unspecified atom stereocenters. The Labute approximate surface area is 211 Å². The van der Waals surface area contributed by atoms with E-state index in [2.05, 4.69) is 6.92 Å². The molecule has 0 saturated carbocycles. The van der Waals surface area contributed by atoms with E-state index < -0.39 is 15.9 Å². The standard InChI is InChI=1S/C27H28ClNO5S/c1-4-5-18-34-23-12-8-21(9-13-23)10-17-27(30)29(22-11-16-26(33-3)25(28)19-22)35(31,32)24-14-6-20(2)7-15-24/h6-17,19H,4-5,18H2,1-3H3/b17-10+. The first-order chi connectivity index (χ1) is 16.8. The molecular formula is C27H28ClNO5S. The summed E-state index contributed by atoms with van der Waals surface area (Å²) in [4.78, 5) is 13.3. The molecule has 0 heterocycles. The van der Waals surface area contributed by atoms with E-state index in [1.165, 1.54) is 43.5 Å². The summed E-state index contributed by atoms with van der Waals surface area (Å²) in [7, 11) is -2.76. The van der Waals surface area contributed by atoms with Gasteiger partial charge < -0.3 is 9.47 Å². The number of rotatable bonds is 10. The van der Waals surface area contributed by atoms with E-state index in [1.54, 1.807) is 30.3 Å². The topological polar surface area (TPSA) is 72.9 Å². The predicted molar refractivity (Wildman–Crippen MR) is 140 cm³/mol. The van der Waals surface area contributed by atoms with Crippen molar-refractivity contribution in [2.24, 2.45) is 0 Å². The Morgan fingerprint density at radius 3 is 2.31 bits per heavy atom. The van der Waals surface area contributed by atoms with Crippen LogP contribution in [0.15, 0.2) is 77.7 Å². The van der Waals surface area contributed by atoms with Crippen molar-refractivity contribution < 1.29 is 22.7 Å². The van der Waals surface area contributed by atoms with Crippen LogP contribution in [0.5, 0.6) is 11.5 Å². The normalized spacial score (nSPS) is 11.4. The van der Waals surface area contributed by atoms with Crippen molar-refractivity contribution in [3.63, 3.8) is 0 Å². The number of methoxy groups -OCH3 is 1. The van der Waals surface area contributed by atoms with E-state index >= 15 is 0 Å². The number of ether oxygens (including phenoxy) is 2. The fourth-order valence-electron chi connectivity index (χ4n) is 3.23. The molecule has 35 heavy (non-hydrogen) atoms. The largest absolute Gasteiger partial charge is 0.495 e. The Morgan fingerprint density at radius 1 is 1.03 bits per heavy atom. The minimum absolute atomic E-state index is 0.00892. The summed E-state index contributed by atoms with van der Waals surface area (Å²) in [6, 6.07) is 17.9. The van der Waals surface area contributed by atoms with Crippen molar-refractivity contribution in [2.75, 3.05) is 18.0 Å². The molecule has 0 spiro atoms. The number of hydrogen-bond acceptors (Lipinski definition) is 5. The summed E-state index contributed by atoms with van der Waals surface area (Å²) in [6.45, 7) is 4.59. The lowest BCUT2D eigenvalue weighted by molar-refractivity contribution is -0.113. The molecule has 0 fully saturated rings. The maximum absolute atomic E-state index is 13.5. The van der Waals surface area contributed by atoms with Gasteiger partial charge in [-0.1, -0.05) is 54.8 Å². The van der Waals surface area contributed by atoms with E-state index in [0.29, 0.717) is 12.4 Å². The van der Waals surface area contributed by atoms with E-state index in [9.17, 15) is 13.2 Å². The molecular weight excluding hydrogens is 486 g/mol. The van der Waals surface area contributed by atoms with Crippen molar-refractivity contribution in [3.05, 3.63) is 89.0 Å². The average molecular weight is 514 g/mol. The molecule has 3 aromatic carbocycles. The van der Waals surface area contributed by atoms with Gasteiger partial charge in [-0.05, 0) is 67.4 Å². The number of amides is 1. The molecule has 184 valence electrons. The quantitative estimate of drug-likeness (QED) is 0.236. The minimum Gasteiger partial charge on any atom is -0.495 e. The van der Waals surface area contributed by atoms with E-state index in [4.69, 9.17) is 21.1 Å². The SMILES string of the molecule is CCCCOc1ccc(/C=C/C(=O)N(c2ccc(OC)c(Cl)c2)S(=O)(=O)c2ccc(C)cc2)cc1. The van der Waals surface area contributed by atoms with Crippen molar-refractivity contribution in [1.82, 2.24) is 0 Å². The molecule has 0 atom stereocenters. The zero-order valence-electron chi connectivity index (χ0n) is 19.9. The van der Waals surface area contributed by atoms with Gasteiger partial charge in [0, 0.05) is 6.08 Å². The summed E-state index contributed by atoms with van der Waals surface area (Å²) in [6.07, 6.45) is 4.79. The molecule has 0 aliphatic rings. The third-order valence-electron chi connectivity index (χ3n) is 5.19. The Balaban J connectivity index is 1.93. The Kier molecular flexibility index (Phi) is 8.95. The second-order valence-electron chi connectivity index (χ2n) is 7.84. The molecule has 6 nitrogen and oxygen atoms in total. The highest BCUT2D eigenvalue weighted by Crippen LogP contribution is 2.32. The van der Waals surface area contributed by atoms with E-state index in [1.807, 2.05) is 19.1 Å². The molecule has 0 saturated heterocycles. The van der Waals surface area contributed by atoms with Gasteiger partial charge in [0.15, 0.2) is 0 Å². The lowest BCUT2D eigenvalue weighted by atomic mass is 10.2. The number of unbranched alkanes of at least 4 members (excludes halogenated alkanes) is 1. The maximum Gasteiger partial charge on any atom is 0.271 e. The molecule has 3 aromatic rings. The average Bonchev–Trinajstić information content (AvgIpc) is 2.84. The van der Waals surface area contributed by atoms with Crippen molar-refractivity contribution >= 4 is 39.3 Å². The summed E-state index contributed by atoms with van der Waals surface area (Å²) in [5, 5.41) is 0.185. The van der Waals surface area contributed by atoms with Crippen LogP contribution in [0, 0.1) is 6.92 Å². The van der Waals surface area contributed by atoms with Crippen molar-refractivity contribution in [3.8, 4) is 11.5 Å². The number of halogens is 1. The first-order valence-electron chi connectivity index (χ1n) is 11.2. The number of hydrogen-bond donors (Lipinski definition) is 0. The van der Waals surface area contributed by atoms with Crippen LogP contribution in [0.3, 0.4) is 0 Å². The van der Waals surface area contributed by atoms with Crippen LogP contribution in [-0.4, -0.2) is 28.0 Å². The second-order valence-corrected chi connectivity index (χ2v) is 10.0. The monoisotopic (exact) mass is 513 g/mol. The van der Waals surface area contributed by atoms with Gasteiger partial charge in [-0.15, -0.1) is 0 Å². The zero-order valence-corrected chi connectivity index (χ0v) is 21.5. The Morgan fingerprint density at radius 2 is 1.71 bits per heavy atom. The molecule has 0 N–H and O–H groups in total. The molecule has 0 aliphatic carbocycles. The van der Waals surface area contributed by atoms with Crippen LogP contribution in [0.2, 0.25) is 5.02 Å².